The highest BCUT2D eigenvalue weighted by atomic mass is 35.5. The largest absolute Gasteiger partial charge is 0.324 e. The van der Waals surface area contributed by atoms with Crippen molar-refractivity contribution in [1.29, 1.82) is 0 Å². The Morgan fingerprint density at radius 3 is 2.59 bits per heavy atom. The SMILES string of the molecule is Cl.N[C@@H](c1ccc(F)cc1Cl)C1CCNCC1. The second-order valence-electron chi connectivity index (χ2n) is 4.28. The lowest BCUT2D eigenvalue weighted by Crippen LogP contribution is -2.33. The van der Waals surface area contributed by atoms with Crippen LogP contribution in [0.1, 0.15) is 24.4 Å². The van der Waals surface area contributed by atoms with Gasteiger partial charge in [0.15, 0.2) is 0 Å². The number of nitrogens with one attached hydrogen (secondary N) is 1. The van der Waals surface area contributed by atoms with Crippen molar-refractivity contribution in [2.45, 2.75) is 18.9 Å². The van der Waals surface area contributed by atoms with Crippen molar-refractivity contribution in [2.75, 3.05) is 13.1 Å². The molecule has 1 heterocycles. The fourth-order valence-electron chi connectivity index (χ4n) is 2.23. The zero-order chi connectivity index (χ0) is 11.5. The molecule has 1 aromatic rings. The van der Waals surface area contributed by atoms with Crippen molar-refractivity contribution >= 4 is 24.0 Å². The number of piperidine rings is 1. The monoisotopic (exact) mass is 278 g/mol. The molecule has 0 unspecified atom stereocenters. The molecule has 1 aliphatic rings. The van der Waals surface area contributed by atoms with Gasteiger partial charge in [0.2, 0.25) is 0 Å². The maximum atomic E-state index is 12.9. The van der Waals surface area contributed by atoms with Crippen LogP contribution in [-0.2, 0) is 0 Å². The molecule has 17 heavy (non-hydrogen) atoms. The number of benzene rings is 1. The van der Waals surface area contributed by atoms with Gasteiger partial charge in [0.25, 0.3) is 0 Å². The minimum absolute atomic E-state index is 0. The summed E-state index contributed by atoms with van der Waals surface area (Å²) in [6.07, 6.45) is 2.10. The fourth-order valence-corrected chi connectivity index (χ4v) is 2.52. The summed E-state index contributed by atoms with van der Waals surface area (Å²) < 4.78 is 12.9. The molecule has 0 amide bonds. The van der Waals surface area contributed by atoms with Crippen molar-refractivity contribution in [3.63, 3.8) is 0 Å². The first-order valence-corrected chi connectivity index (χ1v) is 5.97. The van der Waals surface area contributed by atoms with E-state index in [9.17, 15) is 4.39 Å². The minimum Gasteiger partial charge on any atom is -0.324 e. The van der Waals surface area contributed by atoms with Crippen molar-refractivity contribution in [3.05, 3.63) is 34.6 Å². The Kier molecular flexibility index (Phi) is 5.67. The molecule has 1 saturated heterocycles. The van der Waals surface area contributed by atoms with E-state index < -0.39 is 0 Å². The molecule has 3 N–H and O–H groups in total. The van der Waals surface area contributed by atoms with Crippen LogP contribution in [-0.4, -0.2) is 13.1 Å². The number of nitrogens with two attached hydrogens (primary N) is 1. The van der Waals surface area contributed by atoms with Gasteiger partial charge in [0.1, 0.15) is 5.82 Å². The van der Waals surface area contributed by atoms with E-state index in [4.69, 9.17) is 17.3 Å². The van der Waals surface area contributed by atoms with Crippen molar-refractivity contribution in [1.82, 2.24) is 5.32 Å². The highest BCUT2D eigenvalue weighted by Crippen LogP contribution is 2.31. The molecule has 2 rings (SSSR count). The van der Waals surface area contributed by atoms with Crippen LogP contribution in [0, 0.1) is 11.7 Å². The van der Waals surface area contributed by atoms with E-state index in [1.165, 1.54) is 12.1 Å². The first-order chi connectivity index (χ1) is 7.68. The van der Waals surface area contributed by atoms with Crippen molar-refractivity contribution in [2.24, 2.45) is 11.7 Å². The molecule has 1 aromatic carbocycles. The van der Waals surface area contributed by atoms with Crippen LogP contribution in [0.15, 0.2) is 18.2 Å². The van der Waals surface area contributed by atoms with Gasteiger partial charge in [-0.1, -0.05) is 17.7 Å². The molecule has 0 aliphatic carbocycles. The molecule has 0 spiro atoms. The summed E-state index contributed by atoms with van der Waals surface area (Å²) >= 11 is 6.01. The molecule has 0 saturated carbocycles. The molecular formula is C12H17Cl2FN2. The third-order valence-electron chi connectivity index (χ3n) is 3.21. The maximum absolute atomic E-state index is 12.9. The standard InChI is InChI=1S/C12H16ClFN2.ClH/c13-11-7-9(14)1-2-10(11)12(15)8-3-5-16-6-4-8;/h1-2,7-8,12,16H,3-6,15H2;1H/t12-;/m1./s1. The van der Waals surface area contributed by atoms with Gasteiger partial charge >= 0.3 is 0 Å². The molecule has 0 aromatic heterocycles. The molecular weight excluding hydrogens is 262 g/mol. The summed E-state index contributed by atoms with van der Waals surface area (Å²) in [7, 11) is 0. The van der Waals surface area contributed by atoms with E-state index in [1.54, 1.807) is 6.07 Å². The van der Waals surface area contributed by atoms with Gasteiger partial charge in [0.05, 0.1) is 0 Å². The molecule has 2 nitrogen and oxygen atoms in total. The Labute approximate surface area is 112 Å². The van der Waals surface area contributed by atoms with E-state index in [-0.39, 0.29) is 24.3 Å². The summed E-state index contributed by atoms with van der Waals surface area (Å²) in [5.41, 5.74) is 7.04. The van der Waals surface area contributed by atoms with Crippen LogP contribution in [0.3, 0.4) is 0 Å². The van der Waals surface area contributed by atoms with Crippen LogP contribution in [0.2, 0.25) is 5.02 Å². The van der Waals surface area contributed by atoms with Gasteiger partial charge in [-0.15, -0.1) is 12.4 Å². The lowest BCUT2D eigenvalue weighted by atomic mass is 9.86. The Bertz CT molecular complexity index is 368. The van der Waals surface area contributed by atoms with E-state index in [0.29, 0.717) is 10.9 Å². The van der Waals surface area contributed by atoms with Crippen LogP contribution in [0.4, 0.5) is 4.39 Å². The second-order valence-corrected chi connectivity index (χ2v) is 4.69. The smallest absolute Gasteiger partial charge is 0.124 e. The van der Waals surface area contributed by atoms with Crippen LogP contribution < -0.4 is 11.1 Å². The fraction of sp³-hybridized carbons (Fsp3) is 0.500. The second kappa shape index (κ2) is 6.55. The number of hydrogen-bond donors (Lipinski definition) is 2. The topological polar surface area (TPSA) is 38.0 Å². The zero-order valence-corrected chi connectivity index (χ0v) is 11.0. The molecule has 1 fully saturated rings. The van der Waals surface area contributed by atoms with Crippen molar-refractivity contribution in [3.8, 4) is 0 Å². The maximum Gasteiger partial charge on any atom is 0.124 e. The van der Waals surface area contributed by atoms with Gasteiger partial charge in [-0.25, -0.2) is 4.39 Å². The number of rotatable bonds is 2. The summed E-state index contributed by atoms with van der Waals surface area (Å²) in [5, 5.41) is 3.73. The Hall–Kier alpha value is -0.350. The van der Waals surface area contributed by atoms with Gasteiger partial charge in [0, 0.05) is 11.1 Å². The number of hydrogen-bond acceptors (Lipinski definition) is 2. The third kappa shape index (κ3) is 3.55. The summed E-state index contributed by atoms with van der Waals surface area (Å²) in [4.78, 5) is 0. The van der Waals surface area contributed by atoms with Gasteiger partial charge in [-0.05, 0) is 49.5 Å². The van der Waals surface area contributed by atoms with Gasteiger partial charge < -0.3 is 11.1 Å². The lowest BCUT2D eigenvalue weighted by molar-refractivity contribution is 0.322. The average Bonchev–Trinajstić information content (AvgIpc) is 2.29. The molecule has 0 radical (unpaired) electrons. The van der Waals surface area contributed by atoms with Crippen molar-refractivity contribution < 1.29 is 4.39 Å². The lowest BCUT2D eigenvalue weighted by Gasteiger charge is -2.28. The van der Waals surface area contributed by atoms with Crippen LogP contribution in [0.25, 0.3) is 0 Å². The van der Waals surface area contributed by atoms with Gasteiger partial charge in [-0.3, -0.25) is 0 Å². The summed E-state index contributed by atoms with van der Waals surface area (Å²) in [6, 6.07) is 4.36. The van der Waals surface area contributed by atoms with E-state index in [1.807, 2.05) is 0 Å². The predicted molar refractivity (Wildman–Crippen MR) is 71.2 cm³/mol. The highest BCUT2D eigenvalue weighted by molar-refractivity contribution is 6.31. The van der Waals surface area contributed by atoms with E-state index in [0.717, 1.165) is 31.5 Å². The Balaban J connectivity index is 0.00000144. The predicted octanol–water partition coefficient (Wildman–Crippen LogP) is 2.90. The van der Waals surface area contributed by atoms with Gasteiger partial charge in [-0.2, -0.15) is 0 Å². The molecule has 5 heteroatoms. The minimum atomic E-state index is -0.314. The quantitative estimate of drug-likeness (QED) is 0.873. The van der Waals surface area contributed by atoms with E-state index >= 15 is 0 Å². The number of halogens is 3. The van der Waals surface area contributed by atoms with Crippen LogP contribution >= 0.6 is 24.0 Å². The molecule has 1 aliphatic heterocycles. The first-order valence-electron chi connectivity index (χ1n) is 5.59. The summed E-state index contributed by atoms with van der Waals surface area (Å²) in [5.74, 6) is 0.121. The molecule has 0 bridgehead atoms. The Morgan fingerprint density at radius 1 is 1.35 bits per heavy atom. The highest BCUT2D eigenvalue weighted by Gasteiger charge is 2.23. The average molecular weight is 279 g/mol. The zero-order valence-electron chi connectivity index (χ0n) is 9.46. The third-order valence-corrected chi connectivity index (χ3v) is 3.54. The van der Waals surface area contributed by atoms with Crippen LogP contribution in [0.5, 0.6) is 0 Å². The Morgan fingerprint density at radius 2 is 2.00 bits per heavy atom. The van der Waals surface area contributed by atoms with E-state index in [2.05, 4.69) is 5.32 Å². The molecule has 96 valence electrons. The first kappa shape index (κ1) is 14.7. The molecule has 1 atom stereocenters. The normalized spacial score (nSPS) is 18.5. The summed E-state index contributed by atoms with van der Waals surface area (Å²) in [6.45, 7) is 1.99.